The molecular weight excluding hydrogens is 380 g/mol. The first-order valence-corrected chi connectivity index (χ1v) is 10.6. The van der Waals surface area contributed by atoms with Gasteiger partial charge in [0.25, 0.3) is 5.91 Å². The Bertz CT molecular complexity index is 930. The molecule has 1 amide bonds. The first kappa shape index (κ1) is 20.3. The number of tetrazole rings is 1. The standard InChI is InChI=1S/C22H28N6O2/c1-17(2)15-19(21-23-24-25-28(21)16-18-7-4-3-5-8-18)26-10-12-27(13-11-26)22(29)20-9-6-14-30-20/h3-9,14,17,19H,10-13,15-16H2,1-2H3/p+1/t19-/m1/s1. The van der Waals surface area contributed by atoms with Crippen molar-refractivity contribution >= 4 is 5.91 Å². The number of furan rings is 1. The summed E-state index contributed by atoms with van der Waals surface area (Å²) < 4.78 is 7.21. The molecule has 8 heteroatoms. The monoisotopic (exact) mass is 409 g/mol. The molecule has 8 nitrogen and oxygen atoms in total. The van der Waals surface area contributed by atoms with Gasteiger partial charge in [-0.15, -0.1) is 5.10 Å². The number of carbonyl (C=O) groups excluding carboxylic acids is 1. The second kappa shape index (κ2) is 9.21. The molecule has 1 N–H and O–H groups in total. The van der Waals surface area contributed by atoms with Crippen molar-refractivity contribution in [3.8, 4) is 0 Å². The summed E-state index contributed by atoms with van der Waals surface area (Å²) in [5, 5.41) is 12.7. The summed E-state index contributed by atoms with van der Waals surface area (Å²) in [6.07, 6.45) is 2.54. The highest BCUT2D eigenvalue weighted by Gasteiger charge is 2.34. The van der Waals surface area contributed by atoms with Crippen LogP contribution in [-0.4, -0.2) is 57.2 Å². The van der Waals surface area contributed by atoms with Gasteiger partial charge >= 0.3 is 0 Å². The average Bonchev–Trinajstić information content (AvgIpc) is 3.45. The molecular formula is C22H29N6O2+. The molecule has 1 atom stereocenters. The van der Waals surface area contributed by atoms with Gasteiger partial charge < -0.3 is 14.2 Å². The molecule has 0 saturated carbocycles. The molecule has 0 radical (unpaired) electrons. The Hall–Kier alpha value is -3.00. The fraction of sp³-hybridized carbons (Fsp3) is 0.455. The number of hydrogen-bond acceptors (Lipinski definition) is 5. The predicted octanol–water partition coefficient (Wildman–Crippen LogP) is 1.44. The maximum absolute atomic E-state index is 12.6. The molecule has 1 saturated heterocycles. The van der Waals surface area contributed by atoms with Gasteiger partial charge in [-0.2, -0.15) is 0 Å². The van der Waals surface area contributed by atoms with Crippen LogP contribution in [0, 0.1) is 5.92 Å². The number of benzene rings is 1. The Morgan fingerprint density at radius 1 is 1.13 bits per heavy atom. The fourth-order valence-electron chi connectivity index (χ4n) is 4.16. The Morgan fingerprint density at radius 3 is 2.57 bits per heavy atom. The molecule has 1 aliphatic rings. The number of nitrogens with one attached hydrogen (secondary N) is 1. The molecule has 2 aromatic heterocycles. The summed E-state index contributed by atoms with van der Waals surface area (Å²) in [5.41, 5.74) is 1.18. The zero-order chi connectivity index (χ0) is 20.9. The minimum absolute atomic E-state index is 0.0339. The van der Waals surface area contributed by atoms with Crippen molar-refractivity contribution in [2.75, 3.05) is 26.2 Å². The SMILES string of the molecule is CC(C)C[C@H](c1nnnn1Cc1ccccc1)[NH+]1CCN(C(=O)c2ccco2)CC1. The number of aromatic nitrogens is 4. The van der Waals surface area contributed by atoms with Crippen LogP contribution in [0.2, 0.25) is 0 Å². The van der Waals surface area contributed by atoms with E-state index in [0.29, 0.717) is 31.3 Å². The summed E-state index contributed by atoms with van der Waals surface area (Å²) in [6, 6.07) is 13.9. The molecule has 0 spiro atoms. The topological polar surface area (TPSA) is 81.5 Å². The van der Waals surface area contributed by atoms with Crippen molar-refractivity contribution in [1.82, 2.24) is 25.1 Å². The van der Waals surface area contributed by atoms with Crippen molar-refractivity contribution < 1.29 is 14.1 Å². The molecule has 4 rings (SSSR count). The number of carbonyl (C=O) groups is 1. The van der Waals surface area contributed by atoms with Crippen LogP contribution in [0.15, 0.2) is 53.1 Å². The van der Waals surface area contributed by atoms with Gasteiger partial charge in [0, 0.05) is 6.42 Å². The van der Waals surface area contributed by atoms with E-state index in [4.69, 9.17) is 4.42 Å². The molecule has 0 aliphatic carbocycles. The van der Waals surface area contributed by atoms with Crippen LogP contribution in [0.1, 0.15) is 48.3 Å². The number of hydrogen-bond donors (Lipinski definition) is 1. The van der Waals surface area contributed by atoms with Crippen LogP contribution >= 0.6 is 0 Å². The van der Waals surface area contributed by atoms with E-state index in [1.807, 2.05) is 27.8 Å². The minimum atomic E-state index is -0.0339. The second-order valence-electron chi connectivity index (χ2n) is 8.29. The third-order valence-electron chi connectivity index (χ3n) is 5.67. The van der Waals surface area contributed by atoms with E-state index in [-0.39, 0.29) is 11.9 Å². The van der Waals surface area contributed by atoms with E-state index in [1.54, 1.807) is 18.4 Å². The summed E-state index contributed by atoms with van der Waals surface area (Å²) >= 11 is 0. The molecule has 1 aromatic carbocycles. The second-order valence-corrected chi connectivity index (χ2v) is 8.29. The van der Waals surface area contributed by atoms with Crippen LogP contribution in [0.3, 0.4) is 0 Å². The molecule has 0 unspecified atom stereocenters. The molecule has 3 aromatic rings. The zero-order valence-corrected chi connectivity index (χ0v) is 17.6. The normalized spacial score (nSPS) is 16.2. The highest BCUT2D eigenvalue weighted by molar-refractivity contribution is 5.91. The molecule has 3 heterocycles. The minimum Gasteiger partial charge on any atom is -0.459 e. The van der Waals surface area contributed by atoms with Gasteiger partial charge in [0.15, 0.2) is 5.76 Å². The van der Waals surface area contributed by atoms with Crippen molar-refractivity contribution in [3.05, 3.63) is 65.9 Å². The summed E-state index contributed by atoms with van der Waals surface area (Å²) in [7, 11) is 0. The highest BCUT2D eigenvalue weighted by atomic mass is 16.3. The summed E-state index contributed by atoms with van der Waals surface area (Å²) in [6.45, 7) is 8.24. The van der Waals surface area contributed by atoms with Crippen LogP contribution in [0.25, 0.3) is 0 Å². The number of rotatable bonds is 7. The van der Waals surface area contributed by atoms with E-state index < -0.39 is 0 Å². The van der Waals surface area contributed by atoms with E-state index >= 15 is 0 Å². The lowest BCUT2D eigenvalue weighted by Crippen LogP contribution is -3.15. The van der Waals surface area contributed by atoms with Crippen LogP contribution in [0.4, 0.5) is 0 Å². The molecule has 1 aliphatic heterocycles. The lowest BCUT2D eigenvalue weighted by atomic mass is 10.0. The zero-order valence-electron chi connectivity index (χ0n) is 17.6. The van der Waals surface area contributed by atoms with Gasteiger partial charge in [0.05, 0.1) is 39.0 Å². The Kier molecular flexibility index (Phi) is 6.23. The van der Waals surface area contributed by atoms with Gasteiger partial charge in [-0.05, 0) is 34.0 Å². The first-order valence-electron chi connectivity index (χ1n) is 10.6. The smallest absolute Gasteiger partial charge is 0.289 e. The third-order valence-corrected chi connectivity index (χ3v) is 5.67. The highest BCUT2D eigenvalue weighted by Crippen LogP contribution is 2.18. The third kappa shape index (κ3) is 4.59. The quantitative estimate of drug-likeness (QED) is 0.639. The van der Waals surface area contributed by atoms with Crippen LogP contribution in [-0.2, 0) is 6.54 Å². The van der Waals surface area contributed by atoms with Crippen LogP contribution < -0.4 is 4.90 Å². The molecule has 0 bridgehead atoms. The van der Waals surface area contributed by atoms with Gasteiger partial charge in [-0.3, -0.25) is 4.79 Å². The fourth-order valence-corrected chi connectivity index (χ4v) is 4.16. The number of quaternary nitrogens is 1. The lowest BCUT2D eigenvalue weighted by molar-refractivity contribution is -0.937. The van der Waals surface area contributed by atoms with E-state index in [9.17, 15) is 4.79 Å². The largest absolute Gasteiger partial charge is 0.459 e. The maximum atomic E-state index is 12.6. The molecule has 1 fully saturated rings. The number of nitrogens with zero attached hydrogens (tertiary/aromatic N) is 5. The van der Waals surface area contributed by atoms with Crippen molar-refractivity contribution in [1.29, 1.82) is 0 Å². The van der Waals surface area contributed by atoms with E-state index in [1.165, 1.54) is 10.5 Å². The Morgan fingerprint density at radius 2 is 1.90 bits per heavy atom. The number of amides is 1. The molecule has 30 heavy (non-hydrogen) atoms. The maximum Gasteiger partial charge on any atom is 0.289 e. The van der Waals surface area contributed by atoms with Crippen molar-refractivity contribution in [3.63, 3.8) is 0 Å². The van der Waals surface area contributed by atoms with Crippen molar-refractivity contribution in [2.24, 2.45) is 5.92 Å². The van der Waals surface area contributed by atoms with E-state index in [0.717, 1.165) is 25.3 Å². The predicted molar refractivity (Wildman–Crippen MR) is 111 cm³/mol. The first-order chi connectivity index (χ1) is 14.6. The Balaban J connectivity index is 1.48. The van der Waals surface area contributed by atoms with Gasteiger partial charge in [0.1, 0.15) is 6.04 Å². The van der Waals surface area contributed by atoms with Gasteiger partial charge in [0.2, 0.25) is 5.82 Å². The van der Waals surface area contributed by atoms with Crippen molar-refractivity contribution in [2.45, 2.75) is 32.9 Å². The van der Waals surface area contributed by atoms with Gasteiger partial charge in [-0.25, -0.2) is 4.68 Å². The van der Waals surface area contributed by atoms with Gasteiger partial charge in [-0.1, -0.05) is 44.2 Å². The van der Waals surface area contributed by atoms with Crippen LogP contribution in [0.5, 0.6) is 0 Å². The summed E-state index contributed by atoms with van der Waals surface area (Å²) in [4.78, 5) is 15.9. The Labute approximate surface area is 176 Å². The number of piperazine rings is 1. The lowest BCUT2D eigenvalue weighted by Gasteiger charge is -2.36. The molecule has 158 valence electrons. The summed E-state index contributed by atoms with van der Waals surface area (Å²) in [5.74, 6) is 1.82. The average molecular weight is 410 g/mol. The van der Waals surface area contributed by atoms with E-state index in [2.05, 4.69) is 41.5 Å².